The van der Waals surface area contributed by atoms with Gasteiger partial charge < -0.3 is 19.5 Å². The summed E-state index contributed by atoms with van der Waals surface area (Å²) in [5, 5.41) is 3.04. The summed E-state index contributed by atoms with van der Waals surface area (Å²) in [4.78, 5) is 13.0. The molecule has 3 rings (SSSR count). The van der Waals surface area contributed by atoms with Gasteiger partial charge in [-0.05, 0) is 38.0 Å². The van der Waals surface area contributed by atoms with E-state index in [2.05, 4.69) is 5.32 Å². The largest absolute Gasteiger partial charge is 0.496 e. The van der Waals surface area contributed by atoms with Crippen molar-refractivity contribution in [1.82, 2.24) is 9.62 Å². The number of piperidine rings is 1. The van der Waals surface area contributed by atoms with Crippen LogP contribution in [0.3, 0.4) is 0 Å². The maximum atomic E-state index is 13.1. The number of sulfonamides is 1. The van der Waals surface area contributed by atoms with Crippen molar-refractivity contribution in [2.24, 2.45) is 5.92 Å². The summed E-state index contributed by atoms with van der Waals surface area (Å²) in [7, 11) is 0.864. The predicted molar refractivity (Wildman–Crippen MR) is 121 cm³/mol. The van der Waals surface area contributed by atoms with E-state index in [9.17, 15) is 13.2 Å². The first kappa shape index (κ1) is 23.9. The molecule has 0 aromatic heterocycles. The zero-order valence-corrected chi connectivity index (χ0v) is 19.6. The SMILES string of the molecule is COc1ccc(S(=O)(=O)N2CCC(C(=O)NC(C)c3ccccc3OC)CC2)cc1OC. The minimum absolute atomic E-state index is 0.0772. The Morgan fingerprint density at radius 3 is 2.22 bits per heavy atom. The average Bonchev–Trinajstić information content (AvgIpc) is 2.83. The molecule has 2 aromatic rings. The van der Waals surface area contributed by atoms with E-state index in [-0.39, 0.29) is 35.9 Å². The standard InChI is InChI=1S/C23H30N2O6S/c1-16(19-7-5-6-8-20(19)29-2)24-23(26)17-11-13-25(14-12-17)32(27,28)18-9-10-21(30-3)22(15-18)31-4/h5-10,15-17H,11-14H2,1-4H3,(H,24,26). The zero-order chi connectivity index (χ0) is 23.3. The molecule has 0 spiro atoms. The van der Waals surface area contributed by atoms with Crippen LogP contribution in [0.1, 0.15) is 31.4 Å². The molecule has 1 unspecified atom stereocenters. The fourth-order valence-electron chi connectivity index (χ4n) is 3.92. The molecule has 1 aliphatic rings. The Balaban J connectivity index is 1.63. The lowest BCUT2D eigenvalue weighted by Crippen LogP contribution is -2.43. The summed E-state index contributed by atoms with van der Waals surface area (Å²) in [6.45, 7) is 2.46. The van der Waals surface area contributed by atoms with Gasteiger partial charge in [0.15, 0.2) is 11.5 Å². The summed E-state index contributed by atoms with van der Waals surface area (Å²) >= 11 is 0. The minimum atomic E-state index is -3.69. The molecule has 0 bridgehead atoms. The maximum absolute atomic E-state index is 13.1. The number of amides is 1. The first-order chi connectivity index (χ1) is 15.3. The highest BCUT2D eigenvalue weighted by atomic mass is 32.2. The highest BCUT2D eigenvalue weighted by Gasteiger charge is 2.33. The molecule has 0 saturated carbocycles. The number of hydrogen-bond donors (Lipinski definition) is 1. The molecule has 1 heterocycles. The van der Waals surface area contributed by atoms with E-state index < -0.39 is 10.0 Å². The number of ether oxygens (including phenoxy) is 3. The van der Waals surface area contributed by atoms with Crippen LogP contribution in [0.5, 0.6) is 17.2 Å². The lowest BCUT2D eigenvalue weighted by atomic mass is 9.96. The maximum Gasteiger partial charge on any atom is 0.243 e. The van der Waals surface area contributed by atoms with Crippen LogP contribution in [0.2, 0.25) is 0 Å². The third-order valence-electron chi connectivity index (χ3n) is 5.78. The Morgan fingerprint density at radius 1 is 0.969 bits per heavy atom. The van der Waals surface area contributed by atoms with E-state index in [1.807, 2.05) is 31.2 Å². The molecule has 1 aliphatic heterocycles. The highest BCUT2D eigenvalue weighted by molar-refractivity contribution is 7.89. The molecule has 2 aromatic carbocycles. The predicted octanol–water partition coefficient (Wildman–Crippen LogP) is 2.99. The molecule has 1 amide bonds. The van der Waals surface area contributed by atoms with E-state index in [4.69, 9.17) is 14.2 Å². The lowest BCUT2D eigenvalue weighted by molar-refractivity contribution is -0.126. The molecule has 1 N–H and O–H groups in total. The Kier molecular flexibility index (Phi) is 7.63. The number of nitrogens with zero attached hydrogens (tertiary/aromatic N) is 1. The van der Waals surface area contributed by atoms with Gasteiger partial charge in [0.05, 0.1) is 32.3 Å². The Morgan fingerprint density at radius 2 is 1.59 bits per heavy atom. The van der Waals surface area contributed by atoms with Crippen molar-refractivity contribution in [3.63, 3.8) is 0 Å². The van der Waals surface area contributed by atoms with Crippen molar-refractivity contribution in [2.75, 3.05) is 34.4 Å². The molecule has 0 radical (unpaired) electrons. The second-order valence-corrected chi connectivity index (χ2v) is 9.61. The molecule has 0 aliphatic carbocycles. The Bertz CT molecular complexity index is 1050. The van der Waals surface area contributed by atoms with Crippen LogP contribution in [-0.4, -0.2) is 53.0 Å². The van der Waals surface area contributed by atoms with Gasteiger partial charge in [0.25, 0.3) is 0 Å². The number of para-hydroxylation sites is 1. The van der Waals surface area contributed by atoms with E-state index in [1.54, 1.807) is 13.2 Å². The number of methoxy groups -OCH3 is 3. The Hall–Kier alpha value is -2.78. The summed E-state index contributed by atoms with van der Waals surface area (Å²) in [6.07, 6.45) is 0.911. The molecule has 32 heavy (non-hydrogen) atoms. The zero-order valence-electron chi connectivity index (χ0n) is 18.8. The third-order valence-corrected chi connectivity index (χ3v) is 7.68. The number of carbonyl (C=O) groups excluding carboxylic acids is 1. The normalized spacial score (nSPS) is 16.2. The first-order valence-corrected chi connectivity index (χ1v) is 11.9. The number of hydrogen-bond acceptors (Lipinski definition) is 6. The smallest absolute Gasteiger partial charge is 0.243 e. The second kappa shape index (κ2) is 10.2. The van der Waals surface area contributed by atoms with Crippen LogP contribution in [0.4, 0.5) is 0 Å². The fourth-order valence-corrected chi connectivity index (χ4v) is 5.40. The van der Waals surface area contributed by atoms with Crippen molar-refractivity contribution in [3.05, 3.63) is 48.0 Å². The van der Waals surface area contributed by atoms with Gasteiger partial charge in [-0.3, -0.25) is 4.79 Å². The highest BCUT2D eigenvalue weighted by Crippen LogP contribution is 2.32. The van der Waals surface area contributed by atoms with Crippen LogP contribution < -0.4 is 19.5 Å². The topological polar surface area (TPSA) is 94.2 Å². The fraction of sp³-hybridized carbons (Fsp3) is 0.435. The van der Waals surface area contributed by atoms with Gasteiger partial charge in [-0.15, -0.1) is 0 Å². The first-order valence-electron chi connectivity index (χ1n) is 10.5. The molecule has 174 valence electrons. The third kappa shape index (κ3) is 4.99. The van der Waals surface area contributed by atoms with E-state index in [1.165, 1.54) is 30.7 Å². The number of benzene rings is 2. The van der Waals surface area contributed by atoms with E-state index in [0.29, 0.717) is 24.3 Å². The van der Waals surface area contributed by atoms with Crippen molar-refractivity contribution < 1.29 is 27.4 Å². The monoisotopic (exact) mass is 462 g/mol. The van der Waals surface area contributed by atoms with Gasteiger partial charge in [0, 0.05) is 30.6 Å². The summed E-state index contributed by atoms with van der Waals surface area (Å²) in [5.41, 5.74) is 0.900. The molecule has 8 nitrogen and oxygen atoms in total. The van der Waals surface area contributed by atoms with Crippen molar-refractivity contribution in [3.8, 4) is 17.2 Å². The van der Waals surface area contributed by atoms with E-state index >= 15 is 0 Å². The van der Waals surface area contributed by atoms with Gasteiger partial charge in [-0.2, -0.15) is 4.31 Å². The molecule has 1 saturated heterocycles. The van der Waals surface area contributed by atoms with Crippen molar-refractivity contribution in [1.29, 1.82) is 0 Å². The van der Waals surface area contributed by atoms with Gasteiger partial charge in [0.1, 0.15) is 5.75 Å². The molecule has 1 fully saturated rings. The molecule has 1 atom stereocenters. The second-order valence-electron chi connectivity index (χ2n) is 7.67. The Labute approximate surface area is 189 Å². The lowest BCUT2D eigenvalue weighted by Gasteiger charge is -2.31. The van der Waals surface area contributed by atoms with E-state index in [0.717, 1.165) is 11.3 Å². The van der Waals surface area contributed by atoms with Crippen LogP contribution in [0.15, 0.2) is 47.4 Å². The van der Waals surface area contributed by atoms with Crippen LogP contribution in [0, 0.1) is 5.92 Å². The summed E-state index contributed by atoms with van der Waals surface area (Å²) in [6, 6.07) is 11.9. The van der Waals surface area contributed by atoms with Crippen LogP contribution in [0.25, 0.3) is 0 Å². The quantitative estimate of drug-likeness (QED) is 0.648. The van der Waals surface area contributed by atoms with Crippen LogP contribution in [-0.2, 0) is 14.8 Å². The van der Waals surface area contributed by atoms with Gasteiger partial charge in [0.2, 0.25) is 15.9 Å². The molecular formula is C23H30N2O6S. The molecular weight excluding hydrogens is 432 g/mol. The van der Waals surface area contributed by atoms with Crippen molar-refractivity contribution >= 4 is 15.9 Å². The van der Waals surface area contributed by atoms with Gasteiger partial charge in [-0.1, -0.05) is 18.2 Å². The number of carbonyl (C=O) groups is 1. The van der Waals surface area contributed by atoms with Crippen LogP contribution >= 0.6 is 0 Å². The van der Waals surface area contributed by atoms with Gasteiger partial charge >= 0.3 is 0 Å². The average molecular weight is 463 g/mol. The van der Waals surface area contributed by atoms with Crippen molar-refractivity contribution in [2.45, 2.75) is 30.7 Å². The van der Waals surface area contributed by atoms with Gasteiger partial charge in [-0.25, -0.2) is 8.42 Å². The molecule has 9 heteroatoms. The number of rotatable bonds is 8. The summed E-state index contributed by atoms with van der Waals surface area (Å²) < 4.78 is 43.4. The summed E-state index contributed by atoms with van der Waals surface area (Å²) in [5.74, 6) is 1.21. The minimum Gasteiger partial charge on any atom is -0.496 e. The number of nitrogens with one attached hydrogen (secondary N) is 1.